The molecule has 0 spiro atoms. The molecule has 0 bridgehead atoms. The molecule has 0 fully saturated rings. The third-order valence-electron chi connectivity index (χ3n) is 3.68. The zero-order valence-corrected chi connectivity index (χ0v) is 15.5. The smallest absolute Gasteiger partial charge is 0.405 e. The van der Waals surface area contributed by atoms with Crippen LogP contribution in [0.3, 0.4) is 0 Å². The summed E-state index contributed by atoms with van der Waals surface area (Å²) < 4.78 is 134. The molecule has 0 amide bonds. The van der Waals surface area contributed by atoms with E-state index < -0.39 is 51.3 Å². The number of benzene rings is 2. The zero-order valence-electron chi connectivity index (χ0n) is 13.9. The molecule has 1 radical (unpaired) electrons. The van der Waals surface area contributed by atoms with E-state index in [0.29, 0.717) is 0 Å². The minimum Gasteiger partial charge on any atom is -0.405 e. The van der Waals surface area contributed by atoms with Crippen molar-refractivity contribution in [3.05, 3.63) is 52.0 Å². The van der Waals surface area contributed by atoms with Crippen molar-refractivity contribution in [3.8, 4) is 22.9 Å². The standard InChI is InChI=1S/C17H5BrF10NO/c18-12-6-10(30-17(26,27)28)5-11(14(19,15(20,21)22)16(23,24)25)13(12)9-3-1-8(7-29)2-4-9/h1-5H. The van der Waals surface area contributed by atoms with Crippen LogP contribution in [0.4, 0.5) is 43.9 Å². The first-order valence-electron chi connectivity index (χ1n) is 7.36. The average Bonchev–Trinajstić information content (AvgIpc) is 2.57. The lowest BCUT2D eigenvalue weighted by atomic mass is 9.86. The Labute approximate surface area is 169 Å². The summed E-state index contributed by atoms with van der Waals surface area (Å²) in [6.07, 6.45) is -18.7. The van der Waals surface area contributed by atoms with Crippen LogP contribution in [0.2, 0.25) is 0 Å². The molecule has 2 nitrogen and oxygen atoms in total. The quantitative estimate of drug-likeness (QED) is 0.419. The fraction of sp³-hybridized carbons (Fsp3) is 0.235. The molecule has 0 N–H and O–H groups in total. The second-order valence-corrected chi connectivity index (χ2v) is 6.42. The molecule has 2 aromatic carbocycles. The third kappa shape index (κ3) is 4.48. The number of alkyl halides is 10. The van der Waals surface area contributed by atoms with Crippen molar-refractivity contribution in [1.29, 1.82) is 5.26 Å². The molecule has 0 atom stereocenters. The van der Waals surface area contributed by atoms with Gasteiger partial charge in [0.25, 0.3) is 0 Å². The van der Waals surface area contributed by atoms with Gasteiger partial charge in [-0.15, -0.1) is 13.2 Å². The molecule has 0 heterocycles. The van der Waals surface area contributed by atoms with Crippen LogP contribution >= 0.6 is 15.9 Å². The van der Waals surface area contributed by atoms with Crippen LogP contribution in [0.1, 0.15) is 11.1 Å². The first-order valence-corrected chi connectivity index (χ1v) is 8.15. The third-order valence-corrected chi connectivity index (χ3v) is 4.27. The van der Waals surface area contributed by atoms with Gasteiger partial charge in [-0.05, 0) is 39.7 Å². The van der Waals surface area contributed by atoms with Crippen LogP contribution in [0.15, 0.2) is 34.8 Å². The van der Waals surface area contributed by atoms with E-state index >= 15 is 0 Å². The lowest BCUT2D eigenvalue weighted by Gasteiger charge is -2.32. The van der Waals surface area contributed by atoms with Gasteiger partial charge in [0, 0.05) is 21.7 Å². The molecule has 0 saturated carbocycles. The second-order valence-electron chi connectivity index (χ2n) is 5.63. The highest BCUT2D eigenvalue weighted by Crippen LogP contribution is 2.57. The maximum absolute atomic E-state index is 14.7. The van der Waals surface area contributed by atoms with E-state index in [9.17, 15) is 43.9 Å². The Hall–Kier alpha value is -2.49. The van der Waals surface area contributed by atoms with E-state index in [0.717, 1.165) is 24.3 Å². The summed E-state index contributed by atoms with van der Waals surface area (Å²) in [5, 5.41) is 8.75. The highest BCUT2D eigenvalue weighted by Gasteiger charge is 2.74. The van der Waals surface area contributed by atoms with Crippen LogP contribution in [0, 0.1) is 17.4 Å². The number of nitrogens with zero attached hydrogens (tertiary/aromatic N) is 1. The van der Waals surface area contributed by atoms with Crippen molar-refractivity contribution in [3.63, 3.8) is 0 Å². The molecule has 30 heavy (non-hydrogen) atoms. The second kappa shape index (κ2) is 7.64. The monoisotopic (exact) mass is 508 g/mol. The van der Waals surface area contributed by atoms with Crippen LogP contribution in [-0.2, 0) is 5.67 Å². The van der Waals surface area contributed by atoms with Crippen molar-refractivity contribution < 1.29 is 48.6 Å². The molecule has 161 valence electrons. The summed E-state index contributed by atoms with van der Waals surface area (Å²) in [7, 11) is 0. The van der Waals surface area contributed by atoms with Gasteiger partial charge in [0.2, 0.25) is 0 Å². The summed E-state index contributed by atoms with van der Waals surface area (Å²) in [6.45, 7) is 0. The summed E-state index contributed by atoms with van der Waals surface area (Å²) in [6, 6.07) is 6.87. The van der Waals surface area contributed by atoms with Gasteiger partial charge in [0.05, 0.1) is 11.6 Å². The number of hydrogen-bond donors (Lipinski definition) is 0. The summed E-state index contributed by atoms with van der Waals surface area (Å²) in [5.41, 5.74) is -9.81. The molecule has 0 aliphatic heterocycles. The van der Waals surface area contributed by atoms with Gasteiger partial charge in [-0.3, -0.25) is 0 Å². The van der Waals surface area contributed by atoms with Gasteiger partial charge >= 0.3 is 24.4 Å². The molecular weight excluding hydrogens is 504 g/mol. The Morgan fingerprint density at radius 3 is 1.77 bits per heavy atom. The molecule has 0 aromatic heterocycles. The van der Waals surface area contributed by atoms with Gasteiger partial charge in [-0.2, -0.15) is 31.6 Å². The molecule has 2 aromatic rings. The number of halogens is 11. The van der Waals surface area contributed by atoms with Crippen molar-refractivity contribution in [1.82, 2.24) is 0 Å². The predicted octanol–water partition coefficient (Wildman–Crippen LogP) is 6.98. The minimum absolute atomic E-state index is 0.0319. The van der Waals surface area contributed by atoms with Gasteiger partial charge in [-0.1, -0.05) is 12.1 Å². The molecule has 0 saturated heterocycles. The van der Waals surface area contributed by atoms with Gasteiger partial charge in [0.1, 0.15) is 5.75 Å². The van der Waals surface area contributed by atoms with Crippen LogP contribution < -0.4 is 4.74 Å². The van der Waals surface area contributed by atoms with E-state index in [-0.39, 0.29) is 11.6 Å². The Bertz CT molecular complexity index is 957. The Morgan fingerprint density at radius 2 is 1.37 bits per heavy atom. The number of nitriles is 1. The van der Waals surface area contributed by atoms with Gasteiger partial charge < -0.3 is 4.74 Å². The van der Waals surface area contributed by atoms with Crippen molar-refractivity contribution in [2.24, 2.45) is 0 Å². The number of ether oxygens (including phenoxy) is 1. The largest absolute Gasteiger partial charge is 0.573 e. The molecule has 0 aliphatic rings. The van der Waals surface area contributed by atoms with Crippen LogP contribution in [0.25, 0.3) is 11.1 Å². The maximum Gasteiger partial charge on any atom is 0.573 e. The van der Waals surface area contributed by atoms with E-state index in [1.807, 2.05) is 0 Å². The fourth-order valence-electron chi connectivity index (χ4n) is 2.44. The lowest BCUT2D eigenvalue weighted by Crippen LogP contribution is -2.50. The predicted molar refractivity (Wildman–Crippen MR) is 84.7 cm³/mol. The van der Waals surface area contributed by atoms with Gasteiger partial charge in [0.15, 0.2) is 0 Å². The highest BCUT2D eigenvalue weighted by atomic mass is 79.9. The minimum atomic E-state index is -6.59. The highest BCUT2D eigenvalue weighted by molar-refractivity contribution is 9.10. The van der Waals surface area contributed by atoms with Crippen LogP contribution in [0.5, 0.6) is 5.75 Å². The Morgan fingerprint density at radius 1 is 0.867 bits per heavy atom. The zero-order chi connectivity index (χ0) is 23.1. The van der Waals surface area contributed by atoms with E-state index in [1.165, 1.54) is 0 Å². The average molecular weight is 509 g/mol. The van der Waals surface area contributed by atoms with Crippen molar-refractivity contribution in [2.45, 2.75) is 24.4 Å². The van der Waals surface area contributed by atoms with E-state index in [2.05, 4.69) is 20.7 Å². The number of hydrogen-bond acceptors (Lipinski definition) is 2. The van der Waals surface area contributed by atoms with Crippen molar-refractivity contribution >= 4 is 15.9 Å². The first-order chi connectivity index (χ1) is 13.5. The molecule has 2 rings (SSSR count). The van der Waals surface area contributed by atoms with E-state index in [1.54, 1.807) is 12.1 Å². The topological polar surface area (TPSA) is 33.0 Å². The molecule has 0 aliphatic carbocycles. The van der Waals surface area contributed by atoms with Gasteiger partial charge in [-0.25, -0.2) is 4.39 Å². The van der Waals surface area contributed by atoms with E-state index in [4.69, 9.17) is 5.26 Å². The SMILES string of the molecule is N#Cc1ccc(-c2c(Br)[c]c(OC(F)(F)F)cc2C(F)(C(F)(F)F)C(F)(F)F)cc1. The number of rotatable bonds is 3. The Kier molecular flexibility index (Phi) is 6.06. The van der Waals surface area contributed by atoms with Crippen LogP contribution in [-0.4, -0.2) is 18.7 Å². The molecule has 0 unspecified atom stereocenters. The summed E-state index contributed by atoms with van der Waals surface area (Å²) in [5.74, 6) is -1.63. The summed E-state index contributed by atoms with van der Waals surface area (Å²) >= 11 is 2.53. The fourth-order valence-corrected chi connectivity index (χ4v) is 3.08. The lowest BCUT2D eigenvalue weighted by molar-refractivity contribution is -0.348. The normalized spacial score (nSPS) is 13.1. The summed E-state index contributed by atoms with van der Waals surface area (Å²) in [4.78, 5) is 0. The Balaban J connectivity index is 2.93. The van der Waals surface area contributed by atoms with Crippen molar-refractivity contribution in [2.75, 3.05) is 0 Å². The molecular formula is C17H5BrF10NO. The molecule has 13 heteroatoms. The first kappa shape index (κ1) is 23.8. The maximum atomic E-state index is 14.7.